The van der Waals surface area contributed by atoms with Crippen molar-refractivity contribution in [3.63, 3.8) is 0 Å². The molecule has 0 spiro atoms. The highest BCUT2D eigenvalue weighted by atomic mass is 32.2. The Hall–Kier alpha value is -1.94. The van der Waals surface area contributed by atoms with Gasteiger partial charge >= 0.3 is 5.97 Å². The summed E-state index contributed by atoms with van der Waals surface area (Å²) in [6.07, 6.45) is 3.99. The Labute approximate surface area is 128 Å². The van der Waals surface area contributed by atoms with E-state index in [-0.39, 0.29) is 32.0 Å². The lowest BCUT2D eigenvalue weighted by Crippen LogP contribution is -2.50. The molecular weight excluding hydrogens is 312 g/mol. The van der Waals surface area contributed by atoms with Gasteiger partial charge in [0.25, 0.3) is 5.91 Å². The Morgan fingerprint density at radius 1 is 1.27 bits per heavy atom. The van der Waals surface area contributed by atoms with Gasteiger partial charge in [0.05, 0.1) is 31.0 Å². The van der Waals surface area contributed by atoms with Gasteiger partial charge in [0.15, 0.2) is 0 Å². The molecule has 0 aliphatic carbocycles. The Morgan fingerprint density at radius 2 is 1.91 bits per heavy atom. The predicted octanol–water partition coefficient (Wildman–Crippen LogP) is -0.925. The first-order valence-corrected chi connectivity index (χ1v) is 8.61. The molecule has 1 N–H and O–H groups in total. The van der Waals surface area contributed by atoms with Crippen LogP contribution in [0.15, 0.2) is 12.4 Å². The summed E-state index contributed by atoms with van der Waals surface area (Å²) in [5.41, 5.74) is 0.373. The molecule has 0 saturated carbocycles. The van der Waals surface area contributed by atoms with Gasteiger partial charge in [-0.2, -0.15) is 9.40 Å². The van der Waals surface area contributed by atoms with Crippen molar-refractivity contribution in [3.8, 4) is 0 Å². The van der Waals surface area contributed by atoms with E-state index >= 15 is 0 Å². The number of aryl methyl sites for hydroxylation is 1. The SMILES string of the molecule is CS(=O)(=O)N1CCN(C(=O)c2cnn(CCC(=O)O)c2)CC1. The van der Waals surface area contributed by atoms with Gasteiger partial charge in [-0.1, -0.05) is 0 Å². The second-order valence-electron chi connectivity index (χ2n) is 5.09. The van der Waals surface area contributed by atoms with Crippen LogP contribution in [0.25, 0.3) is 0 Å². The fourth-order valence-corrected chi connectivity index (χ4v) is 3.04. The topological polar surface area (TPSA) is 113 Å². The molecule has 9 nitrogen and oxygen atoms in total. The van der Waals surface area contributed by atoms with Crippen molar-refractivity contribution >= 4 is 21.9 Å². The third-order valence-electron chi connectivity index (χ3n) is 3.43. The second-order valence-corrected chi connectivity index (χ2v) is 7.07. The molecule has 1 aromatic heterocycles. The summed E-state index contributed by atoms with van der Waals surface area (Å²) < 4.78 is 25.6. The lowest BCUT2D eigenvalue weighted by molar-refractivity contribution is -0.137. The number of carboxylic acids is 1. The van der Waals surface area contributed by atoms with Crippen molar-refractivity contribution in [3.05, 3.63) is 18.0 Å². The second kappa shape index (κ2) is 6.44. The van der Waals surface area contributed by atoms with E-state index in [1.807, 2.05) is 0 Å². The van der Waals surface area contributed by atoms with Crippen LogP contribution >= 0.6 is 0 Å². The summed E-state index contributed by atoms with van der Waals surface area (Å²) in [4.78, 5) is 24.4. The maximum absolute atomic E-state index is 12.3. The number of sulfonamides is 1. The largest absolute Gasteiger partial charge is 0.481 e. The van der Waals surface area contributed by atoms with E-state index in [4.69, 9.17) is 5.11 Å². The number of carboxylic acid groups (broad SMARTS) is 1. The number of nitrogens with zero attached hydrogens (tertiary/aromatic N) is 4. The lowest BCUT2D eigenvalue weighted by Gasteiger charge is -2.33. The van der Waals surface area contributed by atoms with Crippen molar-refractivity contribution in [2.24, 2.45) is 0 Å². The minimum Gasteiger partial charge on any atom is -0.481 e. The number of carbonyl (C=O) groups excluding carboxylic acids is 1. The van der Waals surface area contributed by atoms with Crippen LogP contribution in [0.4, 0.5) is 0 Å². The first-order valence-electron chi connectivity index (χ1n) is 6.76. The minimum absolute atomic E-state index is 0.0671. The molecule has 0 bridgehead atoms. The molecule has 1 amide bonds. The van der Waals surface area contributed by atoms with Crippen molar-refractivity contribution in [2.45, 2.75) is 13.0 Å². The highest BCUT2D eigenvalue weighted by Crippen LogP contribution is 2.10. The zero-order chi connectivity index (χ0) is 16.3. The third kappa shape index (κ3) is 4.04. The van der Waals surface area contributed by atoms with Crippen molar-refractivity contribution in [2.75, 3.05) is 32.4 Å². The third-order valence-corrected chi connectivity index (χ3v) is 4.73. The first kappa shape index (κ1) is 16.4. The van der Waals surface area contributed by atoms with Crippen LogP contribution in [0.1, 0.15) is 16.8 Å². The maximum atomic E-state index is 12.3. The molecule has 0 aromatic carbocycles. The lowest BCUT2D eigenvalue weighted by atomic mass is 10.2. The van der Waals surface area contributed by atoms with Crippen LogP contribution in [0.3, 0.4) is 0 Å². The molecule has 1 saturated heterocycles. The van der Waals surface area contributed by atoms with E-state index < -0.39 is 16.0 Å². The summed E-state index contributed by atoms with van der Waals surface area (Å²) in [6, 6.07) is 0. The van der Waals surface area contributed by atoms with Gasteiger partial charge in [-0.15, -0.1) is 0 Å². The normalized spacial score (nSPS) is 16.7. The highest BCUT2D eigenvalue weighted by Gasteiger charge is 2.27. The van der Waals surface area contributed by atoms with E-state index in [2.05, 4.69) is 5.10 Å². The van der Waals surface area contributed by atoms with Crippen LogP contribution in [-0.2, 0) is 21.4 Å². The average molecular weight is 330 g/mol. The van der Waals surface area contributed by atoms with Crippen LogP contribution in [-0.4, -0.2) is 76.8 Å². The summed E-state index contributed by atoms with van der Waals surface area (Å²) >= 11 is 0. The number of aliphatic carboxylic acids is 1. The number of aromatic nitrogens is 2. The van der Waals surface area contributed by atoms with Gasteiger partial charge < -0.3 is 10.0 Å². The highest BCUT2D eigenvalue weighted by molar-refractivity contribution is 7.88. The number of hydrogen-bond acceptors (Lipinski definition) is 5. The number of rotatable bonds is 5. The van der Waals surface area contributed by atoms with E-state index in [1.165, 1.54) is 21.4 Å². The molecular formula is C12H18N4O5S. The van der Waals surface area contributed by atoms with E-state index in [0.717, 1.165) is 6.26 Å². The Morgan fingerprint density at radius 3 is 2.45 bits per heavy atom. The molecule has 122 valence electrons. The summed E-state index contributed by atoms with van der Waals surface area (Å²) in [5, 5.41) is 12.6. The quantitative estimate of drug-likeness (QED) is 0.747. The van der Waals surface area contributed by atoms with E-state index in [1.54, 1.807) is 4.90 Å². The van der Waals surface area contributed by atoms with Gasteiger partial charge in [-0.3, -0.25) is 14.3 Å². The number of hydrogen-bond donors (Lipinski definition) is 1. The first-order chi connectivity index (χ1) is 10.3. The predicted molar refractivity (Wildman–Crippen MR) is 76.8 cm³/mol. The molecule has 0 radical (unpaired) electrons. The van der Waals surface area contributed by atoms with Crippen LogP contribution < -0.4 is 0 Å². The Balaban J connectivity index is 1.94. The van der Waals surface area contributed by atoms with Gasteiger partial charge in [0, 0.05) is 32.4 Å². The summed E-state index contributed by atoms with van der Waals surface area (Å²) in [6.45, 7) is 1.40. The van der Waals surface area contributed by atoms with Gasteiger partial charge in [0.2, 0.25) is 10.0 Å². The van der Waals surface area contributed by atoms with E-state index in [0.29, 0.717) is 18.7 Å². The van der Waals surface area contributed by atoms with Crippen molar-refractivity contribution in [1.82, 2.24) is 19.0 Å². The monoisotopic (exact) mass is 330 g/mol. The smallest absolute Gasteiger partial charge is 0.305 e. The molecule has 2 heterocycles. The van der Waals surface area contributed by atoms with Gasteiger partial charge in [-0.25, -0.2) is 8.42 Å². The molecule has 22 heavy (non-hydrogen) atoms. The number of carbonyl (C=O) groups is 2. The Kier molecular flexibility index (Phi) is 4.81. The molecule has 1 aliphatic rings. The molecule has 0 atom stereocenters. The Bertz CT molecular complexity index is 661. The summed E-state index contributed by atoms with van der Waals surface area (Å²) in [5.74, 6) is -1.16. The van der Waals surface area contributed by atoms with Gasteiger partial charge in [-0.05, 0) is 0 Å². The van der Waals surface area contributed by atoms with Crippen LogP contribution in [0, 0.1) is 0 Å². The number of amides is 1. The van der Waals surface area contributed by atoms with Gasteiger partial charge in [0.1, 0.15) is 0 Å². The maximum Gasteiger partial charge on any atom is 0.305 e. The minimum atomic E-state index is -3.23. The fourth-order valence-electron chi connectivity index (χ4n) is 2.21. The molecule has 10 heteroatoms. The van der Waals surface area contributed by atoms with Crippen molar-refractivity contribution in [1.29, 1.82) is 0 Å². The molecule has 2 rings (SSSR count). The van der Waals surface area contributed by atoms with Crippen LogP contribution in [0.2, 0.25) is 0 Å². The number of piperazine rings is 1. The van der Waals surface area contributed by atoms with Crippen molar-refractivity contribution < 1.29 is 23.1 Å². The zero-order valence-corrected chi connectivity index (χ0v) is 13.0. The zero-order valence-electron chi connectivity index (χ0n) is 12.2. The van der Waals surface area contributed by atoms with Crippen LogP contribution in [0.5, 0.6) is 0 Å². The molecule has 1 fully saturated rings. The van der Waals surface area contributed by atoms with E-state index in [9.17, 15) is 18.0 Å². The molecule has 1 aliphatic heterocycles. The standard InChI is InChI=1S/C12H18N4O5S/c1-22(20,21)16-6-4-14(5-7-16)12(19)10-8-13-15(9-10)3-2-11(17)18/h8-9H,2-7H2,1H3,(H,17,18). The fraction of sp³-hybridized carbons (Fsp3) is 0.583. The molecule has 1 aromatic rings. The average Bonchev–Trinajstić information content (AvgIpc) is 2.92. The summed E-state index contributed by atoms with van der Waals surface area (Å²) in [7, 11) is -3.23. The molecule has 0 unspecified atom stereocenters.